The standard InChI is InChI=1S/C18H21NO5/c1-13(16-4-3-11-23-16)19-17(20)12-24-18(21)10-7-14-5-8-15(22-2)9-6-14/h3-6,8-9,11,13H,7,10,12H2,1-2H3,(H,19,20)/t13-/m0/s1. The first-order chi connectivity index (χ1) is 11.6. The van der Waals surface area contributed by atoms with E-state index in [0.717, 1.165) is 11.3 Å². The summed E-state index contributed by atoms with van der Waals surface area (Å²) < 4.78 is 15.3. The zero-order valence-corrected chi connectivity index (χ0v) is 13.8. The van der Waals surface area contributed by atoms with Crippen LogP contribution in [0.5, 0.6) is 5.75 Å². The highest BCUT2D eigenvalue weighted by molar-refractivity contribution is 5.80. The SMILES string of the molecule is COc1ccc(CCC(=O)OCC(=O)N[C@@H](C)c2ccco2)cc1. The number of ether oxygens (including phenoxy) is 2. The number of carbonyl (C=O) groups excluding carboxylic acids is 2. The number of hydrogen-bond acceptors (Lipinski definition) is 5. The van der Waals surface area contributed by atoms with Crippen LogP contribution in [0.4, 0.5) is 0 Å². The van der Waals surface area contributed by atoms with Crippen molar-refractivity contribution in [1.29, 1.82) is 0 Å². The van der Waals surface area contributed by atoms with Gasteiger partial charge in [0.15, 0.2) is 6.61 Å². The topological polar surface area (TPSA) is 77.8 Å². The van der Waals surface area contributed by atoms with E-state index in [1.54, 1.807) is 26.2 Å². The van der Waals surface area contributed by atoms with E-state index in [1.807, 2.05) is 24.3 Å². The Labute approximate surface area is 140 Å². The molecule has 0 aliphatic carbocycles. The second-order valence-corrected chi connectivity index (χ2v) is 5.31. The third-order valence-electron chi connectivity index (χ3n) is 3.49. The number of benzene rings is 1. The van der Waals surface area contributed by atoms with Gasteiger partial charge in [0.1, 0.15) is 11.5 Å². The molecule has 1 heterocycles. The molecule has 1 atom stereocenters. The van der Waals surface area contributed by atoms with Crippen LogP contribution >= 0.6 is 0 Å². The van der Waals surface area contributed by atoms with Gasteiger partial charge >= 0.3 is 5.97 Å². The molecule has 2 aromatic rings. The van der Waals surface area contributed by atoms with E-state index in [9.17, 15) is 9.59 Å². The predicted octanol–water partition coefficient (Wildman–Crippen LogP) is 2.64. The normalized spacial score (nSPS) is 11.6. The predicted molar refractivity (Wildman–Crippen MR) is 87.5 cm³/mol. The molecule has 0 saturated carbocycles. The molecule has 1 amide bonds. The minimum atomic E-state index is -0.411. The molecule has 0 unspecified atom stereocenters. The van der Waals surface area contributed by atoms with Crippen molar-refractivity contribution in [1.82, 2.24) is 5.32 Å². The number of nitrogens with one attached hydrogen (secondary N) is 1. The quantitative estimate of drug-likeness (QED) is 0.752. The summed E-state index contributed by atoms with van der Waals surface area (Å²) in [6, 6.07) is 10.7. The summed E-state index contributed by atoms with van der Waals surface area (Å²) in [7, 11) is 1.60. The fourth-order valence-electron chi connectivity index (χ4n) is 2.15. The van der Waals surface area contributed by atoms with E-state index in [-0.39, 0.29) is 25.0 Å². The van der Waals surface area contributed by atoms with Gasteiger partial charge in [0.2, 0.25) is 0 Å². The molecule has 0 aliphatic rings. The van der Waals surface area contributed by atoms with Crippen LogP contribution in [0.2, 0.25) is 0 Å². The Balaban J connectivity index is 1.67. The first-order valence-electron chi connectivity index (χ1n) is 7.70. The van der Waals surface area contributed by atoms with E-state index in [2.05, 4.69) is 5.32 Å². The lowest BCUT2D eigenvalue weighted by Gasteiger charge is -2.11. The van der Waals surface area contributed by atoms with Gasteiger partial charge in [0, 0.05) is 6.42 Å². The average Bonchev–Trinajstić information content (AvgIpc) is 3.13. The number of methoxy groups -OCH3 is 1. The molecule has 24 heavy (non-hydrogen) atoms. The third kappa shape index (κ3) is 5.46. The minimum absolute atomic E-state index is 0.216. The van der Waals surface area contributed by atoms with Crippen molar-refractivity contribution in [2.45, 2.75) is 25.8 Å². The number of aryl methyl sites for hydroxylation is 1. The molecule has 6 nitrogen and oxygen atoms in total. The highest BCUT2D eigenvalue weighted by Crippen LogP contribution is 2.13. The molecular formula is C18H21NO5. The largest absolute Gasteiger partial charge is 0.497 e. The molecule has 6 heteroatoms. The maximum atomic E-state index is 11.8. The molecule has 0 fully saturated rings. The Bertz CT molecular complexity index is 649. The van der Waals surface area contributed by atoms with Crippen molar-refractivity contribution in [3.8, 4) is 5.75 Å². The van der Waals surface area contributed by atoms with Crippen LogP contribution in [0.1, 0.15) is 30.7 Å². The maximum absolute atomic E-state index is 11.8. The summed E-state index contributed by atoms with van der Waals surface area (Å²) >= 11 is 0. The summed E-state index contributed by atoms with van der Waals surface area (Å²) in [5.41, 5.74) is 1.00. The summed E-state index contributed by atoms with van der Waals surface area (Å²) in [4.78, 5) is 23.5. The summed E-state index contributed by atoms with van der Waals surface area (Å²) in [6.45, 7) is 1.49. The van der Waals surface area contributed by atoms with Gasteiger partial charge < -0.3 is 19.2 Å². The lowest BCUT2D eigenvalue weighted by atomic mass is 10.1. The lowest BCUT2D eigenvalue weighted by Crippen LogP contribution is -2.31. The van der Waals surface area contributed by atoms with Crippen LogP contribution in [-0.2, 0) is 20.7 Å². The van der Waals surface area contributed by atoms with Crippen molar-refractivity contribution < 1.29 is 23.5 Å². The smallest absolute Gasteiger partial charge is 0.306 e. The van der Waals surface area contributed by atoms with Crippen molar-refractivity contribution in [2.75, 3.05) is 13.7 Å². The fourth-order valence-corrected chi connectivity index (χ4v) is 2.15. The van der Waals surface area contributed by atoms with Gasteiger partial charge in [-0.1, -0.05) is 12.1 Å². The Morgan fingerprint density at radius 1 is 1.21 bits per heavy atom. The summed E-state index contributed by atoms with van der Waals surface area (Å²) in [5, 5.41) is 2.70. The fraction of sp³-hybridized carbons (Fsp3) is 0.333. The molecule has 1 aromatic carbocycles. The van der Waals surface area contributed by atoms with Gasteiger partial charge in [0.25, 0.3) is 5.91 Å². The highest BCUT2D eigenvalue weighted by atomic mass is 16.5. The Hall–Kier alpha value is -2.76. The van der Waals surface area contributed by atoms with Gasteiger partial charge in [0.05, 0.1) is 19.4 Å². The molecule has 0 bridgehead atoms. The Morgan fingerprint density at radius 2 is 1.96 bits per heavy atom. The van der Waals surface area contributed by atoms with Crippen LogP contribution < -0.4 is 10.1 Å². The van der Waals surface area contributed by atoms with Crippen molar-refractivity contribution in [3.63, 3.8) is 0 Å². The van der Waals surface area contributed by atoms with Crippen molar-refractivity contribution in [2.24, 2.45) is 0 Å². The van der Waals surface area contributed by atoms with Crippen molar-refractivity contribution in [3.05, 3.63) is 54.0 Å². The van der Waals surface area contributed by atoms with Crippen LogP contribution in [0.3, 0.4) is 0 Å². The van der Waals surface area contributed by atoms with Crippen LogP contribution in [0.25, 0.3) is 0 Å². The number of carbonyl (C=O) groups is 2. The number of furan rings is 1. The Morgan fingerprint density at radius 3 is 2.58 bits per heavy atom. The number of rotatable bonds is 8. The van der Waals surface area contributed by atoms with Crippen LogP contribution in [-0.4, -0.2) is 25.6 Å². The first-order valence-corrected chi connectivity index (χ1v) is 7.70. The molecular weight excluding hydrogens is 310 g/mol. The molecule has 128 valence electrons. The van der Waals surface area contributed by atoms with E-state index in [4.69, 9.17) is 13.9 Å². The number of hydrogen-bond donors (Lipinski definition) is 1. The Kier molecular flexibility index (Phi) is 6.42. The monoisotopic (exact) mass is 331 g/mol. The maximum Gasteiger partial charge on any atom is 0.306 e. The third-order valence-corrected chi connectivity index (χ3v) is 3.49. The zero-order chi connectivity index (χ0) is 17.4. The van der Waals surface area contributed by atoms with Gasteiger partial charge in [-0.05, 0) is 43.2 Å². The van der Waals surface area contributed by atoms with Crippen molar-refractivity contribution >= 4 is 11.9 Å². The van der Waals surface area contributed by atoms with Gasteiger partial charge in [-0.25, -0.2) is 0 Å². The molecule has 1 N–H and O–H groups in total. The highest BCUT2D eigenvalue weighted by Gasteiger charge is 2.13. The van der Waals surface area contributed by atoms with Crippen LogP contribution in [0, 0.1) is 0 Å². The lowest BCUT2D eigenvalue weighted by molar-refractivity contribution is -0.148. The number of amides is 1. The molecule has 0 aliphatic heterocycles. The molecule has 1 aromatic heterocycles. The first kappa shape index (κ1) is 17.6. The minimum Gasteiger partial charge on any atom is -0.497 e. The molecule has 0 spiro atoms. The second-order valence-electron chi connectivity index (χ2n) is 5.31. The average molecular weight is 331 g/mol. The zero-order valence-electron chi connectivity index (χ0n) is 13.8. The van der Waals surface area contributed by atoms with E-state index < -0.39 is 5.97 Å². The second kappa shape index (κ2) is 8.76. The van der Waals surface area contributed by atoms with E-state index in [0.29, 0.717) is 12.2 Å². The van der Waals surface area contributed by atoms with E-state index >= 15 is 0 Å². The number of esters is 1. The molecule has 0 saturated heterocycles. The molecule has 2 rings (SSSR count). The van der Waals surface area contributed by atoms with Gasteiger partial charge in [-0.3, -0.25) is 9.59 Å². The molecule has 0 radical (unpaired) electrons. The van der Waals surface area contributed by atoms with Gasteiger partial charge in [-0.2, -0.15) is 0 Å². The summed E-state index contributed by atoms with van der Waals surface area (Å²) in [5.74, 6) is 0.640. The van der Waals surface area contributed by atoms with Crippen LogP contribution in [0.15, 0.2) is 47.1 Å². The van der Waals surface area contributed by atoms with Gasteiger partial charge in [-0.15, -0.1) is 0 Å². The van der Waals surface area contributed by atoms with E-state index in [1.165, 1.54) is 6.26 Å². The summed E-state index contributed by atoms with van der Waals surface area (Å²) in [6.07, 6.45) is 2.30.